The van der Waals surface area contributed by atoms with Gasteiger partial charge in [0.1, 0.15) is 32.0 Å². The second-order valence-electron chi connectivity index (χ2n) is 22.9. The van der Waals surface area contributed by atoms with Crippen molar-refractivity contribution in [2.24, 2.45) is 52.1 Å². The molecule has 1 saturated heterocycles. The van der Waals surface area contributed by atoms with Crippen LogP contribution in [0, 0.1) is 46.3 Å². The zero-order chi connectivity index (χ0) is 58.5. The lowest BCUT2D eigenvalue weighted by atomic mass is 9.47. The molecule has 5 unspecified atom stereocenters. The number of likely N-dealkylation sites (tertiary alicyclic amines) is 1. The van der Waals surface area contributed by atoms with Crippen LogP contribution in [0.5, 0.6) is 0 Å². The average molecular weight is 1170 g/mol. The van der Waals surface area contributed by atoms with E-state index in [2.05, 4.69) is 51.3 Å². The number of hydrogen-bond donors (Lipinski definition) is 3. The van der Waals surface area contributed by atoms with Crippen LogP contribution in [-0.4, -0.2) is 172 Å². The molecule has 0 radical (unpaired) electrons. The zero-order valence-corrected chi connectivity index (χ0v) is 49.9. The summed E-state index contributed by atoms with van der Waals surface area (Å²) in [5.74, 6) is 2.92. The van der Waals surface area contributed by atoms with Crippen molar-refractivity contribution in [2.45, 2.75) is 155 Å². The number of carbonyl (C=O) groups is 6. The molecule has 0 aromatic heterocycles. The van der Waals surface area contributed by atoms with Gasteiger partial charge in [0, 0.05) is 44.6 Å². The van der Waals surface area contributed by atoms with Gasteiger partial charge in [-0.2, -0.15) is 0 Å². The molecule has 3 saturated carbocycles. The number of amides is 4. The SMILES string of the molecule is CN[C@@H](CSC1CC(=O)N(CCC(=O)CCCOCOCOCOCOCOCOCOCOCOCOCOCCC(=O)NCC(=O)O[C@H]2CC[C@@]3(C)C(=CCC4C5CCC([C@@H](C)CCCC(C)C)[C@@]5(C)CCC43)C2)C1=O)C(N)=O. The van der Waals surface area contributed by atoms with E-state index in [1.807, 2.05) is 0 Å². The van der Waals surface area contributed by atoms with Gasteiger partial charge in [0.2, 0.25) is 23.6 Å². The molecule has 4 N–H and O–H groups in total. The first-order chi connectivity index (χ1) is 39.1. The molecule has 24 heteroatoms. The van der Waals surface area contributed by atoms with E-state index in [0.29, 0.717) is 17.8 Å². The van der Waals surface area contributed by atoms with Crippen molar-refractivity contribution >= 4 is 47.1 Å². The molecule has 0 aromatic rings. The molecular weight excluding hydrogens is 1080 g/mol. The molecule has 4 amide bonds. The topological polar surface area (TPSA) is 276 Å². The highest BCUT2D eigenvalue weighted by molar-refractivity contribution is 8.00. The molecule has 1 aliphatic heterocycles. The highest BCUT2D eigenvalue weighted by Gasteiger charge is 2.59. The number of ether oxygens (including phenoxy) is 13. The molecule has 23 nitrogen and oxygen atoms in total. The van der Waals surface area contributed by atoms with E-state index < -0.39 is 23.2 Å². The van der Waals surface area contributed by atoms with Crippen LogP contribution in [0.25, 0.3) is 0 Å². The molecule has 4 fully saturated rings. The fourth-order valence-electron chi connectivity index (χ4n) is 12.8. The number of likely N-dealkylation sites (N-methyl/N-ethyl adjacent to an activating group) is 1. The van der Waals surface area contributed by atoms with Crippen molar-refractivity contribution in [1.29, 1.82) is 0 Å². The molecule has 464 valence electrons. The first-order valence-electron chi connectivity index (χ1n) is 29.1. The predicted octanol–water partition coefficient (Wildman–Crippen LogP) is 5.85. The van der Waals surface area contributed by atoms with E-state index in [1.165, 1.54) is 62.3 Å². The van der Waals surface area contributed by atoms with Crippen LogP contribution in [0.15, 0.2) is 11.6 Å². The van der Waals surface area contributed by atoms with E-state index in [-0.39, 0.29) is 167 Å². The van der Waals surface area contributed by atoms with E-state index in [4.69, 9.17) is 67.3 Å². The lowest BCUT2D eigenvalue weighted by Crippen LogP contribution is -2.51. The summed E-state index contributed by atoms with van der Waals surface area (Å²) >= 11 is 1.20. The number of Topliss-reactive ketones (excluding diaryl/α,β-unsaturated/α-hetero) is 1. The van der Waals surface area contributed by atoms with Gasteiger partial charge in [-0.25, -0.2) is 0 Å². The van der Waals surface area contributed by atoms with Crippen LogP contribution in [0.3, 0.4) is 0 Å². The first kappa shape index (κ1) is 68.6. The molecule has 4 aliphatic carbocycles. The maximum atomic E-state index is 12.8. The van der Waals surface area contributed by atoms with E-state index in [9.17, 15) is 28.8 Å². The summed E-state index contributed by atoms with van der Waals surface area (Å²) in [4.78, 5) is 74.9. The van der Waals surface area contributed by atoms with Gasteiger partial charge in [-0.15, -0.1) is 11.8 Å². The van der Waals surface area contributed by atoms with E-state index in [1.54, 1.807) is 7.05 Å². The molecule has 0 aromatic carbocycles. The standard InChI is InChI=1S/C57H96N4O19S/c1-40(2)9-7-10-41(3)46-14-15-47-45-13-12-42-25-44(16-20-56(42,4)48(45)17-21-57(46,47)5)80-53(65)27-60-51(63)19-24-69-30-71-32-73-34-75-36-77-38-79-39-78-37-76-35-74-33-72-31-70-29-68-23-8-11-43(62)18-22-61-52(64)26-50(55(61)67)81-28-49(59-6)54(58)66/h12,40-41,44-50,59H,7-11,13-39H2,1-6H3,(H2,58,66)(H,60,63)/t41-,44-,45?,46?,47?,48?,49-,50?,56-,57+/m0/s1. The van der Waals surface area contributed by atoms with Gasteiger partial charge in [0.05, 0.1) is 24.3 Å². The van der Waals surface area contributed by atoms with Gasteiger partial charge in [-0.1, -0.05) is 65.5 Å². The Hall–Kier alpha value is -3.21. The number of ketones is 1. The number of nitrogens with one attached hydrogen (secondary N) is 2. The van der Waals surface area contributed by atoms with Gasteiger partial charge in [0.25, 0.3) is 0 Å². The molecule has 81 heavy (non-hydrogen) atoms. The average Bonchev–Trinajstić information content (AvgIpc) is 3.42. The first-order valence-corrected chi connectivity index (χ1v) is 30.1. The van der Waals surface area contributed by atoms with Crippen LogP contribution >= 0.6 is 11.8 Å². The molecule has 0 bridgehead atoms. The molecule has 5 rings (SSSR count). The van der Waals surface area contributed by atoms with E-state index in [0.717, 1.165) is 60.2 Å². The Morgan fingerprint density at radius 1 is 0.704 bits per heavy atom. The van der Waals surface area contributed by atoms with Crippen LogP contribution < -0.4 is 16.4 Å². The molecule has 5 aliphatic rings. The van der Waals surface area contributed by atoms with Crippen molar-refractivity contribution in [3.05, 3.63) is 11.6 Å². The Labute approximate surface area is 483 Å². The number of nitrogens with two attached hydrogens (primary N) is 1. The number of primary amides is 1. The second-order valence-corrected chi connectivity index (χ2v) is 24.1. The molecule has 10 atom stereocenters. The van der Waals surface area contributed by atoms with Crippen molar-refractivity contribution in [3.63, 3.8) is 0 Å². The quantitative estimate of drug-likeness (QED) is 0.0212. The van der Waals surface area contributed by atoms with Crippen molar-refractivity contribution < 1.29 is 90.3 Å². The van der Waals surface area contributed by atoms with Crippen molar-refractivity contribution in [3.8, 4) is 0 Å². The smallest absolute Gasteiger partial charge is 0.325 e. The fraction of sp³-hybridized carbons (Fsp3) is 0.860. The third-order valence-electron chi connectivity index (χ3n) is 17.0. The third-order valence-corrected chi connectivity index (χ3v) is 18.3. The number of allylic oxidation sites excluding steroid dienone is 1. The zero-order valence-electron chi connectivity index (χ0n) is 49.1. The Balaban J connectivity index is 0.728. The lowest BCUT2D eigenvalue weighted by molar-refractivity contribution is -0.234. The number of thioether (sulfide) groups is 1. The van der Waals surface area contributed by atoms with Crippen molar-refractivity contribution in [2.75, 3.05) is 114 Å². The Morgan fingerprint density at radius 3 is 1.88 bits per heavy atom. The van der Waals surface area contributed by atoms with Gasteiger partial charge in [-0.3, -0.25) is 33.7 Å². The Kier molecular flexibility index (Phi) is 31.5. The van der Waals surface area contributed by atoms with Crippen molar-refractivity contribution in [1.82, 2.24) is 15.5 Å². The number of imide groups is 1. The van der Waals surface area contributed by atoms with Gasteiger partial charge in [0.15, 0.2) is 61.1 Å². The minimum atomic E-state index is -0.607. The maximum Gasteiger partial charge on any atom is 0.325 e. The van der Waals surface area contributed by atoms with Crippen LogP contribution in [-0.2, 0) is 90.3 Å². The number of nitrogens with zero attached hydrogens (tertiary/aromatic N) is 1. The fourth-order valence-corrected chi connectivity index (χ4v) is 14.1. The third kappa shape index (κ3) is 23.0. The highest BCUT2D eigenvalue weighted by Crippen LogP contribution is 2.67. The minimum absolute atomic E-state index is 0.0209. The van der Waals surface area contributed by atoms with Gasteiger partial charge < -0.3 is 77.9 Å². The Morgan fingerprint density at radius 2 is 1.30 bits per heavy atom. The number of hydrogen-bond acceptors (Lipinski definition) is 21. The molecule has 0 spiro atoms. The minimum Gasteiger partial charge on any atom is -0.461 e. The summed E-state index contributed by atoms with van der Waals surface area (Å²) in [6, 6.07) is -0.607. The van der Waals surface area contributed by atoms with Crippen LogP contribution in [0.2, 0.25) is 0 Å². The second kappa shape index (κ2) is 37.3. The van der Waals surface area contributed by atoms with Gasteiger partial charge in [-0.05, 0) is 105 Å². The number of fused-ring (bicyclic) bond motifs is 5. The normalized spacial score (nSPS) is 26.0. The largest absolute Gasteiger partial charge is 0.461 e. The summed E-state index contributed by atoms with van der Waals surface area (Å²) < 4.78 is 68.2. The maximum absolute atomic E-state index is 12.8. The summed E-state index contributed by atoms with van der Waals surface area (Å²) in [6.45, 7) is 11.5. The molecule has 1 heterocycles. The lowest BCUT2D eigenvalue weighted by Gasteiger charge is -2.58. The summed E-state index contributed by atoms with van der Waals surface area (Å²) in [5, 5.41) is 4.83. The summed E-state index contributed by atoms with van der Waals surface area (Å²) in [6.07, 6.45) is 16.5. The highest BCUT2D eigenvalue weighted by atomic mass is 32.2. The summed E-state index contributed by atoms with van der Waals surface area (Å²) in [7, 11) is 1.59. The van der Waals surface area contributed by atoms with E-state index >= 15 is 0 Å². The van der Waals surface area contributed by atoms with Crippen LogP contribution in [0.4, 0.5) is 0 Å². The molecular formula is C57H96N4O19S. The Bertz CT molecular complexity index is 1950. The number of carbonyl (C=O) groups excluding carboxylic acids is 6. The van der Waals surface area contributed by atoms with Gasteiger partial charge >= 0.3 is 5.97 Å². The number of rotatable bonds is 45. The monoisotopic (exact) mass is 1170 g/mol. The number of esters is 1. The van der Waals surface area contributed by atoms with Crippen LogP contribution in [0.1, 0.15) is 137 Å². The predicted molar refractivity (Wildman–Crippen MR) is 295 cm³/mol. The summed E-state index contributed by atoms with van der Waals surface area (Å²) in [5.41, 5.74) is 7.43.